The lowest BCUT2D eigenvalue weighted by Gasteiger charge is -2.09. The maximum atomic E-state index is 10.3. The Balaban J connectivity index is 2.55. The molecule has 0 aliphatic rings. The first-order valence-electron chi connectivity index (χ1n) is 4.68. The van der Waals surface area contributed by atoms with E-state index >= 15 is 0 Å². The van der Waals surface area contributed by atoms with E-state index in [-0.39, 0.29) is 6.61 Å². The maximum Gasteiger partial charge on any atom is 0.404 e. The van der Waals surface area contributed by atoms with Crippen LogP contribution in [0.3, 0.4) is 0 Å². The van der Waals surface area contributed by atoms with Crippen LogP contribution < -0.4 is 11.1 Å². The summed E-state index contributed by atoms with van der Waals surface area (Å²) in [7, 11) is 0. The third-order valence-electron chi connectivity index (χ3n) is 2.10. The summed E-state index contributed by atoms with van der Waals surface area (Å²) in [4.78, 5) is 10.3. The van der Waals surface area contributed by atoms with Gasteiger partial charge < -0.3 is 15.8 Å². The van der Waals surface area contributed by atoms with Gasteiger partial charge in [-0.1, -0.05) is 11.6 Å². The van der Waals surface area contributed by atoms with E-state index in [4.69, 9.17) is 17.3 Å². The van der Waals surface area contributed by atoms with Crippen LogP contribution in [-0.4, -0.2) is 29.4 Å². The molecule has 0 aromatic carbocycles. The summed E-state index contributed by atoms with van der Waals surface area (Å²) in [5.41, 5.74) is 6.60. The number of hydrogen-bond acceptors (Lipinski definition) is 5. The molecule has 0 saturated carbocycles. The number of rotatable bonds is 4. The minimum absolute atomic E-state index is 0.179. The quantitative estimate of drug-likeness (QED) is 0.778. The first kappa shape index (κ1) is 12.5. The molecule has 0 atom stereocenters. The van der Waals surface area contributed by atoms with Crippen molar-refractivity contribution in [3.8, 4) is 0 Å². The highest BCUT2D eigenvalue weighted by Crippen LogP contribution is 2.20. The van der Waals surface area contributed by atoms with Crippen molar-refractivity contribution in [2.45, 2.75) is 13.8 Å². The molecule has 3 N–H and O–H groups in total. The fourth-order valence-corrected chi connectivity index (χ4v) is 1.24. The monoisotopic (exact) mass is 244 g/mol. The van der Waals surface area contributed by atoms with E-state index in [1.54, 1.807) is 0 Å². The van der Waals surface area contributed by atoms with Gasteiger partial charge in [-0.3, -0.25) is 0 Å². The SMILES string of the molecule is Cc1c(Cl)nnc(NCCOC(N)=O)c1C. The van der Waals surface area contributed by atoms with Crippen LogP contribution in [-0.2, 0) is 4.74 Å². The first-order chi connectivity index (χ1) is 7.52. The highest BCUT2D eigenvalue weighted by Gasteiger charge is 2.07. The molecule has 1 amide bonds. The van der Waals surface area contributed by atoms with Gasteiger partial charge in [-0.2, -0.15) is 0 Å². The van der Waals surface area contributed by atoms with Gasteiger partial charge in [0.1, 0.15) is 6.61 Å². The number of halogens is 1. The van der Waals surface area contributed by atoms with Gasteiger partial charge in [0.15, 0.2) is 11.0 Å². The minimum Gasteiger partial charge on any atom is -0.448 e. The summed E-state index contributed by atoms with van der Waals surface area (Å²) < 4.78 is 4.56. The van der Waals surface area contributed by atoms with Gasteiger partial charge in [0.25, 0.3) is 0 Å². The first-order valence-corrected chi connectivity index (χ1v) is 5.05. The van der Waals surface area contributed by atoms with E-state index in [0.717, 1.165) is 11.1 Å². The summed E-state index contributed by atoms with van der Waals surface area (Å²) in [5, 5.41) is 11.0. The zero-order chi connectivity index (χ0) is 12.1. The maximum absolute atomic E-state index is 10.3. The second-order valence-electron chi connectivity index (χ2n) is 3.18. The summed E-state index contributed by atoms with van der Waals surface area (Å²) in [5.74, 6) is 0.620. The lowest BCUT2D eigenvalue weighted by molar-refractivity contribution is 0.161. The number of carbonyl (C=O) groups excluding carboxylic acids is 1. The van der Waals surface area contributed by atoms with E-state index in [9.17, 15) is 4.79 Å². The third kappa shape index (κ3) is 3.23. The van der Waals surface area contributed by atoms with E-state index in [1.165, 1.54) is 0 Å². The minimum atomic E-state index is -0.795. The molecule has 1 heterocycles. The van der Waals surface area contributed by atoms with Gasteiger partial charge in [0.2, 0.25) is 0 Å². The van der Waals surface area contributed by atoms with Crippen molar-refractivity contribution >= 4 is 23.5 Å². The number of carbonyl (C=O) groups is 1. The molecule has 0 aliphatic carbocycles. The Morgan fingerprint density at radius 2 is 2.12 bits per heavy atom. The third-order valence-corrected chi connectivity index (χ3v) is 2.46. The van der Waals surface area contributed by atoms with Gasteiger partial charge >= 0.3 is 6.09 Å². The smallest absolute Gasteiger partial charge is 0.404 e. The fraction of sp³-hybridized carbons (Fsp3) is 0.444. The van der Waals surface area contributed by atoms with E-state index in [2.05, 4.69) is 20.3 Å². The molecule has 0 bridgehead atoms. The molecule has 0 saturated heterocycles. The molecule has 7 heteroatoms. The summed E-state index contributed by atoms with van der Waals surface area (Å²) >= 11 is 5.80. The number of aromatic nitrogens is 2. The standard InChI is InChI=1S/C9H13ClN4O2/c1-5-6(2)8(14-13-7(5)10)12-3-4-16-9(11)15/h3-4H2,1-2H3,(H2,11,15)(H,12,14). The van der Waals surface area contributed by atoms with Crippen molar-refractivity contribution in [3.05, 3.63) is 16.3 Å². The molecular weight excluding hydrogens is 232 g/mol. The summed E-state index contributed by atoms with van der Waals surface area (Å²) in [6, 6.07) is 0. The summed E-state index contributed by atoms with van der Waals surface area (Å²) in [6.07, 6.45) is -0.795. The Kier molecular flexibility index (Phi) is 4.30. The zero-order valence-corrected chi connectivity index (χ0v) is 9.84. The lowest BCUT2D eigenvalue weighted by atomic mass is 10.2. The van der Waals surface area contributed by atoms with E-state index in [0.29, 0.717) is 17.5 Å². The average molecular weight is 245 g/mol. The van der Waals surface area contributed by atoms with Crippen molar-refractivity contribution in [1.29, 1.82) is 0 Å². The second-order valence-corrected chi connectivity index (χ2v) is 3.54. The van der Waals surface area contributed by atoms with Gasteiger partial charge in [-0.05, 0) is 25.0 Å². The van der Waals surface area contributed by atoms with Crippen LogP contribution in [0.25, 0.3) is 0 Å². The van der Waals surface area contributed by atoms with Crippen LogP contribution in [0.4, 0.5) is 10.6 Å². The molecule has 1 aromatic heterocycles. The van der Waals surface area contributed by atoms with Crippen LogP contribution in [0.5, 0.6) is 0 Å². The number of anilines is 1. The van der Waals surface area contributed by atoms with Gasteiger partial charge in [-0.25, -0.2) is 4.79 Å². The van der Waals surface area contributed by atoms with Crippen molar-refractivity contribution in [2.24, 2.45) is 5.73 Å². The van der Waals surface area contributed by atoms with Crippen LogP contribution in [0.15, 0.2) is 0 Å². The zero-order valence-electron chi connectivity index (χ0n) is 9.08. The molecule has 16 heavy (non-hydrogen) atoms. The highest BCUT2D eigenvalue weighted by molar-refractivity contribution is 6.30. The van der Waals surface area contributed by atoms with Crippen molar-refractivity contribution in [3.63, 3.8) is 0 Å². The Hall–Kier alpha value is -1.56. The molecule has 0 unspecified atom stereocenters. The molecule has 6 nitrogen and oxygen atoms in total. The number of nitrogens with zero attached hydrogens (tertiary/aromatic N) is 2. The predicted molar refractivity (Wildman–Crippen MR) is 60.5 cm³/mol. The van der Waals surface area contributed by atoms with Gasteiger partial charge in [0, 0.05) is 0 Å². The molecule has 0 radical (unpaired) electrons. The molecule has 1 rings (SSSR count). The van der Waals surface area contributed by atoms with Crippen molar-refractivity contribution in [2.75, 3.05) is 18.5 Å². The normalized spacial score (nSPS) is 9.94. The number of amides is 1. The number of hydrogen-bond donors (Lipinski definition) is 2. The van der Waals surface area contributed by atoms with Gasteiger partial charge in [-0.15, -0.1) is 10.2 Å². The topological polar surface area (TPSA) is 90.1 Å². The number of ether oxygens (including phenoxy) is 1. The molecule has 0 fully saturated rings. The fourth-order valence-electron chi connectivity index (χ4n) is 1.07. The Morgan fingerprint density at radius 1 is 1.44 bits per heavy atom. The summed E-state index contributed by atoms with van der Waals surface area (Å²) in [6.45, 7) is 4.34. The van der Waals surface area contributed by atoms with Crippen molar-refractivity contribution in [1.82, 2.24) is 10.2 Å². The Labute approximate surface area is 98.1 Å². The molecule has 0 spiro atoms. The van der Waals surface area contributed by atoms with E-state index in [1.807, 2.05) is 13.8 Å². The highest BCUT2D eigenvalue weighted by atomic mass is 35.5. The van der Waals surface area contributed by atoms with Crippen molar-refractivity contribution < 1.29 is 9.53 Å². The molecular formula is C9H13ClN4O2. The van der Waals surface area contributed by atoms with E-state index < -0.39 is 6.09 Å². The number of primary amides is 1. The van der Waals surface area contributed by atoms with Crippen LogP contribution in [0, 0.1) is 13.8 Å². The molecule has 1 aromatic rings. The lowest BCUT2D eigenvalue weighted by Crippen LogP contribution is -2.19. The Morgan fingerprint density at radius 3 is 2.75 bits per heavy atom. The largest absolute Gasteiger partial charge is 0.448 e. The average Bonchev–Trinajstić information content (AvgIpc) is 2.23. The van der Waals surface area contributed by atoms with Crippen LogP contribution in [0.2, 0.25) is 5.15 Å². The number of nitrogens with one attached hydrogen (secondary N) is 1. The second kappa shape index (κ2) is 5.50. The molecule has 88 valence electrons. The number of nitrogens with two attached hydrogens (primary N) is 1. The van der Waals surface area contributed by atoms with Crippen LogP contribution in [0.1, 0.15) is 11.1 Å². The predicted octanol–water partition coefficient (Wildman–Crippen LogP) is 1.25. The van der Waals surface area contributed by atoms with Gasteiger partial charge in [0.05, 0.1) is 6.54 Å². The van der Waals surface area contributed by atoms with Crippen LogP contribution >= 0.6 is 11.6 Å². The Bertz CT molecular complexity index is 397. The molecule has 0 aliphatic heterocycles.